The Kier molecular flexibility index (Phi) is 7.61. The first kappa shape index (κ1) is 13.5. The molecule has 0 aliphatic heterocycles. The fourth-order valence-corrected chi connectivity index (χ4v) is 1.71. The van der Waals surface area contributed by atoms with Gasteiger partial charge in [-0.2, -0.15) is 11.8 Å². The van der Waals surface area contributed by atoms with Crippen molar-refractivity contribution in [3.63, 3.8) is 0 Å². The SMILES string of the molecule is C=CCNCC(=O)N(C)C(C)CSC. The van der Waals surface area contributed by atoms with Gasteiger partial charge in [0, 0.05) is 25.4 Å². The lowest BCUT2D eigenvalue weighted by atomic mass is 10.3. The van der Waals surface area contributed by atoms with Crippen molar-refractivity contribution in [2.75, 3.05) is 32.1 Å². The monoisotopic (exact) mass is 216 g/mol. The third-order valence-electron chi connectivity index (χ3n) is 2.03. The summed E-state index contributed by atoms with van der Waals surface area (Å²) >= 11 is 1.75. The molecule has 0 rings (SSSR count). The Morgan fingerprint density at radius 3 is 2.86 bits per heavy atom. The molecule has 0 radical (unpaired) electrons. The largest absolute Gasteiger partial charge is 0.341 e. The van der Waals surface area contributed by atoms with Crippen molar-refractivity contribution in [1.29, 1.82) is 0 Å². The summed E-state index contributed by atoms with van der Waals surface area (Å²) in [4.78, 5) is 13.3. The van der Waals surface area contributed by atoms with E-state index in [0.717, 1.165) is 5.75 Å². The smallest absolute Gasteiger partial charge is 0.236 e. The van der Waals surface area contributed by atoms with E-state index in [0.29, 0.717) is 19.1 Å². The molecule has 0 aromatic heterocycles. The summed E-state index contributed by atoms with van der Waals surface area (Å²) in [5.74, 6) is 1.11. The number of hydrogen-bond donors (Lipinski definition) is 1. The summed E-state index contributed by atoms with van der Waals surface area (Å²) < 4.78 is 0. The standard InChI is InChI=1S/C10H20N2OS/c1-5-6-11-7-10(13)12(3)9(2)8-14-4/h5,9,11H,1,6-8H2,2-4H3. The number of carbonyl (C=O) groups is 1. The topological polar surface area (TPSA) is 32.3 Å². The van der Waals surface area contributed by atoms with E-state index in [9.17, 15) is 4.79 Å². The lowest BCUT2D eigenvalue weighted by Crippen LogP contribution is -2.41. The van der Waals surface area contributed by atoms with Gasteiger partial charge in [-0.05, 0) is 13.2 Å². The fourth-order valence-electron chi connectivity index (χ4n) is 1.00. The molecule has 0 bridgehead atoms. The van der Waals surface area contributed by atoms with Gasteiger partial charge in [0.1, 0.15) is 0 Å². The average Bonchev–Trinajstić information content (AvgIpc) is 2.17. The van der Waals surface area contributed by atoms with Gasteiger partial charge in [0.25, 0.3) is 0 Å². The van der Waals surface area contributed by atoms with Gasteiger partial charge in [-0.1, -0.05) is 6.08 Å². The van der Waals surface area contributed by atoms with Crippen molar-refractivity contribution in [3.8, 4) is 0 Å². The number of amides is 1. The van der Waals surface area contributed by atoms with E-state index in [2.05, 4.69) is 18.8 Å². The highest BCUT2D eigenvalue weighted by atomic mass is 32.2. The number of likely N-dealkylation sites (N-methyl/N-ethyl adjacent to an activating group) is 1. The van der Waals surface area contributed by atoms with Gasteiger partial charge in [-0.15, -0.1) is 6.58 Å². The highest BCUT2D eigenvalue weighted by Gasteiger charge is 2.13. The number of hydrogen-bond acceptors (Lipinski definition) is 3. The molecule has 1 unspecified atom stereocenters. The maximum Gasteiger partial charge on any atom is 0.236 e. The van der Waals surface area contributed by atoms with Crippen LogP contribution in [0.25, 0.3) is 0 Å². The Morgan fingerprint density at radius 2 is 2.36 bits per heavy atom. The molecule has 4 heteroatoms. The van der Waals surface area contributed by atoms with Crippen LogP contribution in [0.5, 0.6) is 0 Å². The molecule has 0 fully saturated rings. The zero-order valence-corrected chi connectivity index (χ0v) is 10.1. The second-order valence-electron chi connectivity index (χ2n) is 3.23. The van der Waals surface area contributed by atoms with Crippen molar-refractivity contribution < 1.29 is 4.79 Å². The molecule has 0 heterocycles. The highest BCUT2D eigenvalue weighted by molar-refractivity contribution is 7.98. The summed E-state index contributed by atoms with van der Waals surface area (Å²) in [6.45, 7) is 6.70. The molecule has 0 spiro atoms. The number of thioether (sulfide) groups is 1. The summed E-state index contributed by atoms with van der Waals surface area (Å²) in [5, 5.41) is 3.00. The Bertz CT molecular complexity index is 185. The van der Waals surface area contributed by atoms with Crippen molar-refractivity contribution in [3.05, 3.63) is 12.7 Å². The molecule has 0 aromatic carbocycles. The Hall–Kier alpha value is -0.480. The number of carbonyl (C=O) groups excluding carboxylic acids is 1. The minimum atomic E-state index is 0.133. The van der Waals surface area contributed by atoms with Gasteiger partial charge in [0.05, 0.1) is 6.54 Å². The van der Waals surface area contributed by atoms with E-state index in [1.165, 1.54) is 0 Å². The van der Waals surface area contributed by atoms with Crippen LogP contribution in [-0.2, 0) is 4.79 Å². The van der Waals surface area contributed by atoms with Crippen molar-refractivity contribution in [2.24, 2.45) is 0 Å². The third-order valence-corrected chi connectivity index (χ3v) is 2.84. The lowest BCUT2D eigenvalue weighted by Gasteiger charge is -2.24. The molecule has 0 aliphatic rings. The molecule has 82 valence electrons. The normalized spacial score (nSPS) is 12.2. The second kappa shape index (κ2) is 7.88. The molecule has 1 N–H and O–H groups in total. The zero-order valence-electron chi connectivity index (χ0n) is 9.25. The molecular weight excluding hydrogens is 196 g/mol. The molecule has 1 amide bonds. The van der Waals surface area contributed by atoms with Crippen LogP contribution < -0.4 is 5.32 Å². The maximum absolute atomic E-state index is 11.6. The van der Waals surface area contributed by atoms with E-state index < -0.39 is 0 Å². The number of nitrogens with one attached hydrogen (secondary N) is 1. The van der Waals surface area contributed by atoms with E-state index in [-0.39, 0.29) is 5.91 Å². The fraction of sp³-hybridized carbons (Fsp3) is 0.700. The van der Waals surface area contributed by atoms with E-state index in [4.69, 9.17) is 0 Å². The van der Waals surface area contributed by atoms with Crippen LogP contribution in [0, 0.1) is 0 Å². The van der Waals surface area contributed by atoms with Gasteiger partial charge >= 0.3 is 0 Å². The maximum atomic E-state index is 11.6. The van der Waals surface area contributed by atoms with Crippen LogP contribution in [0.2, 0.25) is 0 Å². The summed E-state index contributed by atoms with van der Waals surface area (Å²) in [6.07, 6.45) is 3.80. The molecule has 1 atom stereocenters. The first-order valence-electron chi connectivity index (χ1n) is 4.69. The van der Waals surface area contributed by atoms with Gasteiger partial charge in [-0.25, -0.2) is 0 Å². The minimum absolute atomic E-state index is 0.133. The first-order valence-corrected chi connectivity index (χ1v) is 6.09. The lowest BCUT2D eigenvalue weighted by molar-refractivity contribution is -0.130. The Balaban J connectivity index is 3.79. The van der Waals surface area contributed by atoms with E-state index >= 15 is 0 Å². The number of rotatable bonds is 7. The van der Waals surface area contributed by atoms with Gasteiger partial charge in [0.2, 0.25) is 5.91 Å². The van der Waals surface area contributed by atoms with Gasteiger partial charge < -0.3 is 10.2 Å². The minimum Gasteiger partial charge on any atom is -0.341 e. The Morgan fingerprint density at radius 1 is 1.71 bits per heavy atom. The predicted octanol–water partition coefficient (Wildman–Crippen LogP) is 0.972. The van der Waals surface area contributed by atoms with Crippen molar-refractivity contribution in [1.82, 2.24) is 10.2 Å². The van der Waals surface area contributed by atoms with Gasteiger partial charge in [0.15, 0.2) is 0 Å². The van der Waals surface area contributed by atoms with Crippen molar-refractivity contribution >= 4 is 17.7 Å². The van der Waals surface area contributed by atoms with Crippen LogP contribution in [0.4, 0.5) is 0 Å². The molecular formula is C10H20N2OS. The van der Waals surface area contributed by atoms with Crippen LogP contribution in [-0.4, -0.2) is 49.0 Å². The van der Waals surface area contributed by atoms with Crippen molar-refractivity contribution in [2.45, 2.75) is 13.0 Å². The molecule has 0 saturated heterocycles. The second-order valence-corrected chi connectivity index (χ2v) is 4.14. The van der Waals surface area contributed by atoms with E-state index in [1.54, 1.807) is 22.7 Å². The predicted molar refractivity (Wildman–Crippen MR) is 63.7 cm³/mol. The first-order chi connectivity index (χ1) is 6.63. The molecule has 0 saturated carbocycles. The van der Waals surface area contributed by atoms with Crippen LogP contribution in [0.3, 0.4) is 0 Å². The summed E-state index contributed by atoms with van der Waals surface area (Å²) in [6, 6.07) is 0.294. The van der Waals surface area contributed by atoms with E-state index in [1.807, 2.05) is 13.3 Å². The summed E-state index contributed by atoms with van der Waals surface area (Å²) in [7, 11) is 1.85. The van der Waals surface area contributed by atoms with Crippen LogP contribution in [0.15, 0.2) is 12.7 Å². The highest BCUT2D eigenvalue weighted by Crippen LogP contribution is 2.03. The van der Waals surface area contributed by atoms with Crippen LogP contribution in [0.1, 0.15) is 6.92 Å². The molecule has 0 aromatic rings. The summed E-state index contributed by atoms with van der Waals surface area (Å²) in [5.41, 5.74) is 0. The molecule has 0 aliphatic carbocycles. The Labute approximate surface area is 90.9 Å². The average molecular weight is 216 g/mol. The third kappa shape index (κ3) is 5.29. The molecule has 14 heavy (non-hydrogen) atoms. The molecule has 3 nitrogen and oxygen atoms in total. The number of nitrogens with zero attached hydrogens (tertiary/aromatic N) is 1. The quantitative estimate of drug-likeness (QED) is 0.508. The van der Waals surface area contributed by atoms with Crippen LogP contribution >= 0.6 is 11.8 Å². The van der Waals surface area contributed by atoms with Gasteiger partial charge in [-0.3, -0.25) is 4.79 Å². The zero-order chi connectivity index (χ0) is 11.0.